The van der Waals surface area contributed by atoms with Crippen molar-refractivity contribution >= 4 is 0 Å². The molecule has 18 heavy (non-hydrogen) atoms. The highest BCUT2D eigenvalue weighted by molar-refractivity contribution is 5.37. The van der Waals surface area contributed by atoms with Gasteiger partial charge in [0.25, 0.3) is 0 Å². The zero-order valence-corrected chi connectivity index (χ0v) is 11.9. The minimum atomic E-state index is 0.885. The van der Waals surface area contributed by atoms with Gasteiger partial charge in [0, 0.05) is 12.1 Å². The van der Waals surface area contributed by atoms with E-state index in [0.717, 1.165) is 31.8 Å². The Balaban J connectivity index is 2.39. The first-order chi connectivity index (χ1) is 8.81. The summed E-state index contributed by atoms with van der Waals surface area (Å²) in [6.07, 6.45) is 3.49. The van der Waals surface area contributed by atoms with Gasteiger partial charge in [-0.05, 0) is 51.0 Å². The zero-order chi connectivity index (χ0) is 13.2. The molecule has 0 radical (unpaired) electrons. The third-order valence-corrected chi connectivity index (χ3v) is 3.10. The van der Waals surface area contributed by atoms with Crippen LogP contribution in [0.3, 0.4) is 0 Å². The molecule has 3 heteroatoms. The van der Waals surface area contributed by atoms with Crippen LogP contribution in [0.1, 0.15) is 30.9 Å². The standard InChI is InChI=1S/C15H26N2O/c1-4-13-7-8-15(18-3)14(11-13)12-17-10-6-5-9-16-2/h7-8,11,16-17H,4-6,9-10,12H2,1-3H3. The van der Waals surface area contributed by atoms with E-state index in [0.29, 0.717) is 0 Å². The fourth-order valence-corrected chi connectivity index (χ4v) is 1.96. The molecule has 0 saturated carbocycles. The van der Waals surface area contributed by atoms with Crippen molar-refractivity contribution in [3.63, 3.8) is 0 Å². The van der Waals surface area contributed by atoms with Crippen LogP contribution in [0, 0.1) is 0 Å². The van der Waals surface area contributed by atoms with E-state index < -0.39 is 0 Å². The van der Waals surface area contributed by atoms with Gasteiger partial charge in [-0.15, -0.1) is 0 Å². The van der Waals surface area contributed by atoms with Crippen molar-refractivity contribution in [2.45, 2.75) is 32.7 Å². The summed E-state index contributed by atoms with van der Waals surface area (Å²) in [6, 6.07) is 6.44. The van der Waals surface area contributed by atoms with Gasteiger partial charge >= 0.3 is 0 Å². The molecule has 0 aromatic heterocycles. The normalized spacial score (nSPS) is 10.6. The summed E-state index contributed by atoms with van der Waals surface area (Å²) in [6.45, 7) is 5.21. The highest BCUT2D eigenvalue weighted by atomic mass is 16.5. The van der Waals surface area contributed by atoms with Crippen molar-refractivity contribution in [2.24, 2.45) is 0 Å². The van der Waals surface area contributed by atoms with Crippen LogP contribution >= 0.6 is 0 Å². The molecule has 0 amide bonds. The average Bonchev–Trinajstić information content (AvgIpc) is 2.42. The molecule has 0 unspecified atom stereocenters. The number of unbranched alkanes of at least 4 members (excludes halogenated alkanes) is 1. The van der Waals surface area contributed by atoms with E-state index in [4.69, 9.17) is 4.74 Å². The maximum atomic E-state index is 5.39. The van der Waals surface area contributed by atoms with Gasteiger partial charge in [0.2, 0.25) is 0 Å². The minimum Gasteiger partial charge on any atom is -0.496 e. The van der Waals surface area contributed by atoms with E-state index >= 15 is 0 Å². The van der Waals surface area contributed by atoms with Crippen LogP contribution in [0.2, 0.25) is 0 Å². The summed E-state index contributed by atoms with van der Waals surface area (Å²) in [7, 11) is 3.73. The second-order valence-corrected chi connectivity index (χ2v) is 4.49. The molecule has 0 spiro atoms. The fraction of sp³-hybridized carbons (Fsp3) is 0.600. The summed E-state index contributed by atoms with van der Waals surface area (Å²) in [5.41, 5.74) is 2.62. The Morgan fingerprint density at radius 3 is 2.61 bits per heavy atom. The van der Waals surface area contributed by atoms with E-state index in [-0.39, 0.29) is 0 Å². The second-order valence-electron chi connectivity index (χ2n) is 4.49. The predicted molar refractivity (Wildman–Crippen MR) is 77.2 cm³/mol. The monoisotopic (exact) mass is 250 g/mol. The Morgan fingerprint density at radius 2 is 1.94 bits per heavy atom. The lowest BCUT2D eigenvalue weighted by Gasteiger charge is -2.11. The first-order valence-electron chi connectivity index (χ1n) is 6.83. The SMILES string of the molecule is CCc1ccc(OC)c(CNCCCCNC)c1. The molecule has 1 aromatic carbocycles. The molecule has 0 fully saturated rings. The van der Waals surface area contributed by atoms with Gasteiger partial charge in [-0.2, -0.15) is 0 Å². The van der Waals surface area contributed by atoms with Gasteiger partial charge in [-0.3, -0.25) is 0 Å². The average molecular weight is 250 g/mol. The maximum absolute atomic E-state index is 5.39. The summed E-state index contributed by atoms with van der Waals surface area (Å²) in [4.78, 5) is 0. The second kappa shape index (κ2) is 8.95. The molecule has 0 aliphatic heterocycles. The van der Waals surface area contributed by atoms with Crippen molar-refractivity contribution in [1.82, 2.24) is 10.6 Å². The Labute approximate surface area is 111 Å². The van der Waals surface area contributed by atoms with Crippen LogP contribution < -0.4 is 15.4 Å². The number of hydrogen-bond donors (Lipinski definition) is 2. The Hall–Kier alpha value is -1.06. The van der Waals surface area contributed by atoms with Crippen molar-refractivity contribution in [3.05, 3.63) is 29.3 Å². The van der Waals surface area contributed by atoms with E-state index in [1.54, 1.807) is 7.11 Å². The first-order valence-corrected chi connectivity index (χ1v) is 6.83. The van der Waals surface area contributed by atoms with E-state index in [2.05, 4.69) is 35.8 Å². The van der Waals surface area contributed by atoms with Gasteiger partial charge in [0.05, 0.1) is 7.11 Å². The number of benzene rings is 1. The zero-order valence-electron chi connectivity index (χ0n) is 11.9. The lowest BCUT2D eigenvalue weighted by Crippen LogP contribution is -2.17. The summed E-state index contributed by atoms with van der Waals surface area (Å²) in [5.74, 6) is 0.981. The number of hydrogen-bond acceptors (Lipinski definition) is 3. The molecule has 0 aliphatic carbocycles. The molecule has 1 rings (SSSR count). The molecule has 1 aromatic rings. The van der Waals surface area contributed by atoms with E-state index in [1.807, 2.05) is 7.05 Å². The molecule has 0 bridgehead atoms. The molecule has 0 saturated heterocycles. The van der Waals surface area contributed by atoms with Crippen molar-refractivity contribution in [3.8, 4) is 5.75 Å². The van der Waals surface area contributed by atoms with Gasteiger partial charge in [-0.25, -0.2) is 0 Å². The molecule has 3 nitrogen and oxygen atoms in total. The Morgan fingerprint density at radius 1 is 1.17 bits per heavy atom. The topological polar surface area (TPSA) is 33.3 Å². The van der Waals surface area contributed by atoms with Gasteiger partial charge in [0.15, 0.2) is 0 Å². The Kier molecular flexibility index (Phi) is 7.46. The third kappa shape index (κ3) is 5.07. The van der Waals surface area contributed by atoms with Gasteiger partial charge in [-0.1, -0.05) is 19.1 Å². The molecular weight excluding hydrogens is 224 g/mol. The van der Waals surface area contributed by atoms with Crippen molar-refractivity contribution in [2.75, 3.05) is 27.2 Å². The molecule has 2 N–H and O–H groups in total. The Bertz CT molecular complexity index is 339. The minimum absolute atomic E-state index is 0.885. The van der Waals surface area contributed by atoms with Crippen LogP contribution in [0.4, 0.5) is 0 Å². The van der Waals surface area contributed by atoms with Crippen molar-refractivity contribution < 1.29 is 4.74 Å². The predicted octanol–water partition coefficient (Wildman–Crippen LogP) is 2.35. The molecule has 0 atom stereocenters. The number of aryl methyl sites for hydroxylation is 1. The molecule has 0 heterocycles. The van der Waals surface area contributed by atoms with Gasteiger partial charge < -0.3 is 15.4 Å². The summed E-state index contributed by atoms with van der Waals surface area (Å²) in [5, 5.41) is 6.64. The third-order valence-electron chi connectivity index (χ3n) is 3.10. The van der Waals surface area contributed by atoms with Crippen LogP contribution in [0.5, 0.6) is 5.75 Å². The maximum Gasteiger partial charge on any atom is 0.123 e. The lowest BCUT2D eigenvalue weighted by molar-refractivity contribution is 0.407. The van der Waals surface area contributed by atoms with Crippen LogP contribution in [-0.4, -0.2) is 27.2 Å². The number of ether oxygens (including phenoxy) is 1. The number of nitrogens with one attached hydrogen (secondary N) is 2. The molecule has 102 valence electrons. The molecule has 0 aliphatic rings. The van der Waals surface area contributed by atoms with E-state index in [9.17, 15) is 0 Å². The first kappa shape index (κ1) is 15.0. The van der Waals surface area contributed by atoms with Crippen LogP contribution in [0.15, 0.2) is 18.2 Å². The highest BCUT2D eigenvalue weighted by Gasteiger charge is 2.03. The summed E-state index contributed by atoms with van der Waals surface area (Å²) >= 11 is 0. The van der Waals surface area contributed by atoms with Crippen LogP contribution in [-0.2, 0) is 13.0 Å². The van der Waals surface area contributed by atoms with E-state index in [1.165, 1.54) is 24.0 Å². The van der Waals surface area contributed by atoms with Gasteiger partial charge in [0.1, 0.15) is 5.75 Å². The smallest absolute Gasteiger partial charge is 0.123 e. The number of methoxy groups -OCH3 is 1. The summed E-state index contributed by atoms with van der Waals surface area (Å²) < 4.78 is 5.39. The van der Waals surface area contributed by atoms with Crippen LogP contribution in [0.25, 0.3) is 0 Å². The quantitative estimate of drug-likeness (QED) is 0.660. The largest absolute Gasteiger partial charge is 0.496 e. The number of rotatable bonds is 9. The lowest BCUT2D eigenvalue weighted by atomic mass is 10.1. The highest BCUT2D eigenvalue weighted by Crippen LogP contribution is 2.19. The fourth-order valence-electron chi connectivity index (χ4n) is 1.96. The molecular formula is C15H26N2O. The van der Waals surface area contributed by atoms with Crippen molar-refractivity contribution in [1.29, 1.82) is 0 Å².